The number of para-hydroxylation sites is 1. The van der Waals surface area contributed by atoms with Gasteiger partial charge in [-0.25, -0.2) is 0 Å². The number of hydrogen-bond acceptors (Lipinski definition) is 6. The summed E-state index contributed by atoms with van der Waals surface area (Å²) in [5.41, 5.74) is 5.40. The molecule has 0 saturated carbocycles. The van der Waals surface area contributed by atoms with Crippen LogP contribution in [0.1, 0.15) is 24.0 Å². The summed E-state index contributed by atoms with van der Waals surface area (Å²) in [6.45, 7) is 3.57. The van der Waals surface area contributed by atoms with Gasteiger partial charge in [0.15, 0.2) is 0 Å². The summed E-state index contributed by atoms with van der Waals surface area (Å²) in [4.78, 5) is 23.5. The Morgan fingerprint density at radius 3 is 2.70 bits per heavy atom. The average molecular weight is 510 g/mol. The van der Waals surface area contributed by atoms with E-state index in [1.165, 1.54) is 12.8 Å². The van der Waals surface area contributed by atoms with Gasteiger partial charge < -0.3 is 20.4 Å². The molecule has 3 aliphatic rings. The fourth-order valence-corrected chi connectivity index (χ4v) is 5.06. The number of anilines is 2. The standard InChI is InChI=1S/C25H28BrN5O2/c1-30-11-9-17(10-12-30)31(2)13-14-33-29-23-18-5-3-4-6-20(18)27-24(23)22-19-15-16(26)7-8-21(19)28-25(22)32/h3-8,15,17,27H,9-14H2,1-2H3,(H,28,32)/b24-22-,29-23+. The molecule has 1 amide bonds. The summed E-state index contributed by atoms with van der Waals surface area (Å²) in [6, 6.07) is 14.3. The molecule has 2 aromatic carbocycles. The van der Waals surface area contributed by atoms with Gasteiger partial charge >= 0.3 is 0 Å². The number of nitrogens with one attached hydrogen (secondary N) is 2. The van der Waals surface area contributed by atoms with Crippen molar-refractivity contribution in [2.45, 2.75) is 18.9 Å². The number of carbonyl (C=O) groups excluding carboxylic acids is 1. The monoisotopic (exact) mass is 509 g/mol. The van der Waals surface area contributed by atoms with Gasteiger partial charge in [0.1, 0.15) is 12.3 Å². The van der Waals surface area contributed by atoms with Crippen molar-refractivity contribution in [3.05, 3.63) is 63.8 Å². The van der Waals surface area contributed by atoms with Crippen LogP contribution in [0.15, 0.2) is 57.8 Å². The first-order valence-corrected chi connectivity index (χ1v) is 12.1. The lowest BCUT2D eigenvalue weighted by Gasteiger charge is -2.34. The van der Waals surface area contributed by atoms with Gasteiger partial charge in [0, 0.05) is 39.6 Å². The Bertz CT molecular complexity index is 1140. The number of likely N-dealkylation sites (tertiary alicyclic amines) is 1. The number of nitrogens with zero attached hydrogens (tertiary/aromatic N) is 3. The van der Waals surface area contributed by atoms with Gasteiger partial charge in [0.2, 0.25) is 0 Å². The number of rotatable bonds is 5. The molecule has 0 bridgehead atoms. The fraction of sp³-hybridized carbons (Fsp3) is 0.360. The second-order valence-electron chi connectivity index (χ2n) is 8.85. The van der Waals surface area contributed by atoms with Gasteiger partial charge in [-0.3, -0.25) is 9.69 Å². The summed E-state index contributed by atoms with van der Waals surface area (Å²) < 4.78 is 0.915. The van der Waals surface area contributed by atoms with Crippen LogP contribution >= 0.6 is 15.9 Å². The minimum atomic E-state index is -0.145. The molecule has 0 atom stereocenters. The Morgan fingerprint density at radius 2 is 1.88 bits per heavy atom. The third-order valence-electron chi connectivity index (χ3n) is 6.66. The summed E-state index contributed by atoms with van der Waals surface area (Å²) >= 11 is 3.52. The number of fused-ring (bicyclic) bond motifs is 2. The van der Waals surface area contributed by atoms with E-state index in [4.69, 9.17) is 4.84 Å². The summed E-state index contributed by atoms with van der Waals surface area (Å²) in [5.74, 6) is -0.145. The predicted molar refractivity (Wildman–Crippen MR) is 135 cm³/mol. The van der Waals surface area contributed by atoms with E-state index in [1.54, 1.807) is 0 Å². The lowest BCUT2D eigenvalue weighted by Crippen LogP contribution is -2.42. The van der Waals surface area contributed by atoms with E-state index in [1.807, 2.05) is 42.5 Å². The molecule has 8 heteroatoms. The molecular weight excluding hydrogens is 482 g/mol. The van der Waals surface area contributed by atoms with E-state index in [9.17, 15) is 4.79 Å². The molecule has 0 radical (unpaired) electrons. The minimum absolute atomic E-state index is 0.145. The lowest BCUT2D eigenvalue weighted by atomic mass is 10.0. The number of carbonyl (C=O) groups is 1. The SMILES string of the molecule is CN1CCC(N(C)CCO/N=C2/C(=C3/C(=O)Nc4ccc(Br)cc43)Nc3ccccc32)CC1. The van der Waals surface area contributed by atoms with E-state index >= 15 is 0 Å². The normalized spacial score (nSPS) is 21.8. The molecule has 3 aliphatic heterocycles. The van der Waals surface area contributed by atoms with E-state index in [-0.39, 0.29) is 5.91 Å². The number of allylic oxidation sites excluding steroid dienone is 1. The Labute approximate surface area is 202 Å². The van der Waals surface area contributed by atoms with Crippen LogP contribution in [-0.4, -0.2) is 67.8 Å². The zero-order valence-electron chi connectivity index (χ0n) is 18.9. The van der Waals surface area contributed by atoms with E-state index in [0.717, 1.165) is 46.6 Å². The van der Waals surface area contributed by atoms with Crippen molar-refractivity contribution in [2.75, 3.05) is 51.0 Å². The highest BCUT2D eigenvalue weighted by Crippen LogP contribution is 2.40. The first-order valence-electron chi connectivity index (χ1n) is 11.3. The van der Waals surface area contributed by atoms with Crippen molar-refractivity contribution in [1.29, 1.82) is 0 Å². The van der Waals surface area contributed by atoms with Crippen LogP contribution in [0.3, 0.4) is 0 Å². The van der Waals surface area contributed by atoms with Crippen molar-refractivity contribution in [1.82, 2.24) is 9.80 Å². The van der Waals surface area contributed by atoms with E-state index in [0.29, 0.717) is 29.6 Å². The summed E-state index contributed by atoms with van der Waals surface area (Å²) in [6.07, 6.45) is 2.36. The predicted octanol–water partition coefficient (Wildman–Crippen LogP) is 3.98. The van der Waals surface area contributed by atoms with E-state index < -0.39 is 0 Å². The molecule has 2 N–H and O–H groups in total. The fourth-order valence-electron chi connectivity index (χ4n) is 4.70. The van der Waals surface area contributed by atoms with Crippen LogP contribution in [0, 0.1) is 0 Å². The Kier molecular flexibility index (Phi) is 6.23. The molecule has 0 aromatic heterocycles. The molecule has 1 fully saturated rings. The van der Waals surface area contributed by atoms with Gasteiger partial charge in [0.05, 0.1) is 11.3 Å². The molecular formula is C25H28BrN5O2. The van der Waals surface area contributed by atoms with Gasteiger partial charge in [0.25, 0.3) is 5.91 Å². The summed E-state index contributed by atoms with van der Waals surface area (Å²) in [7, 11) is 4.33. The first kappa shape index (κ1) is 22.1. The van der Waals surface area contributed by atoms with E-state index in [2.05, 4.69) is 55.6 Å². The zero-order chi connectivity index (χ0) is 22.9. The molecule has 5 rings (SSSR count). The number of hydrogen-bond donors (Lipinski definition) is 2. The third kappa shape index (κ3) is 4.43. The van der Waals surface area contributed by atoms with Crippen LogP contribution in [-0.2, 0) is 9.63 Å². The maximum atomic E-state index is 12.9. The highest BCUT2D eigenvalue weighted by molar-refractivity contribution is 9.10. The van der Waals surface area contributed by atoms with Gasteiger partial charge in [-0.15, -0.1) is 0 Å². The maximum absolute atomic E-state index is 12.9. The van der Waals surface area contributed by atoms with Gasteiger partial charge in [-0.1, -0.05) is 39.3 Å². The topological polar surface area (TPSA) is 69.2 Å². The van der Waals surface area contributed by atoms with Crippen molar-refractivity contribution >= 4 is 44.5 Å². The van der Waals surface area contributed by atoms with Crippen molar-refractivity contribution in [3.63, 3.8) is 0 Å². The molecule has 0 spiro atoms. The smallest absolute Gasteiger partial charge is 0.258 e. The van der Waals surface area contributed by atoms with Crippen molar-refractivity contribution < 1.29 is 9.63 Å². The highest BCUT2D eigenvalue weighted by Gasteiger charge is 2.34. The Hall–Kier alpha value is -2.68. The third-order valence-corrected chi connectivity index (χ3v) is 7.15. The largest absolute Gasteiger partial charge is 0.394 e. The van der Waals surface area contributed by atoms with Crippen LogP contribution in [0.4, 0.5) is 11.4 Å². The first-order chi connectivity index (χ1) is 16.0. The van der Waals surface area contributed by atoms with Crippen LogP contribution in [0.5, 0.6) is 0 Å². The number of piperidine rings is 1. The molecule has 3 heterocycles. The lowest BCUT2D eigenvalue weighted by molar-refractivity contribution is -0.110. The average Bonchev–Trinajstić information content (AvgIpc) is 3.33. The second kappa shape index (κ2) is 9.29. The molecule has 0 unspecified atom stereocenters. The quantitative estimate of drug-likeness (QED) is 0.362. The Morgan fingerprint density at radius 1 is 1.12 bits per heavy atom. The molecule has 33 heavy (non-hydrogen) atoms. The number of likely N-dealkylation sites (N-methyl/N-ethyl adjacent to an activating group) is 1. The molecule has 0 aliphatic carbocycles. The highest BCUT2D eigenvalue weighted by atomic mass is 79.9. The molecule has 1 saturated heterocycles. The Balaban J connectivity index is 1.38. The van der Waals surface area contributed by atoms with Crippen LogP contribution < -0.4 is 10.6 Å². The number of amides is 1. The van der Waals surface area contributed by atoms with Gasteiger partial charge in [-0.05, 0) is 64.3 Å². The van der Waals surface area contributed by atoms with Crippen molar-refractivity contribution in [2.24, 2.45) is 5.16 Å². The van der Waals surface area contributed by atoms with Crippen LogP contribution in [0.2, 0.25) is 0 Å². The molecule has 7 nitrogen and oxygen atoms in total. The zero-order valence-corrected chi connectivity index (χ0v) is 20.5. The molecule has 172 valence electrons. The van der Waals surface area contributed by atoms with Crippen LogP contribution in [0.25, 0.3) is 5.57 Å². The summed E-state index contributed by atoms with van der Waals surface area (Å²) in [5, 5.41) is 10.9. The van der Waals surface area contributed by atoms with Gasteiger partial charge in [-0.2, -0.15) is 0 Å². The number of oxime groups is 1. The second-order valence-corrected chi connectivity index (χ2v) is 9.77. The van der Waals surface area contributed by atoms with Crippen molar-refractivity contribution in [3.8, 4) is 0 Å². The number of benzene rings is 2. The number of halogens is 1. The minimum Gasteiger partial charge on any atom is -0.394 e. The maximum Gasteiger partial charge on any atom is 0.258 e. The molecule has 2 aromatic rings.